The average molecular weight is 340 g/mol. The quantitative estimate of drug-likeness (QED) is 0.907. The molecule has 108 valence electrons. The molecule has 0 spiro atoms. The number of aryl methyl sites for hydroxylation is 2. The molecule has 5 heteroatoms. The SMILES string of the molecule is CCn1nc(C)c(Br)c1CC(CN)c1ccccc1F. The van der Waals surface area contributed by atoms with Crippen LogP contribution in [0.25, 0.3) is 0 Å². The molecule has 2 aromatic rings. The van der Waals surface area contributed by atoms with Crippen molar-refractivity contribution in [3.8, 4) is 0 Å². The van der Waals surface area contributed by atoms with Gasteiger partial charge in [0.1, 0.15) is 5.82 Å². The first-order valence-electron chi connectivity index (χ1n) is 6.74. The van der Waals surface area contributed by atoms with Crippen molar-refractivity contribution in [2.75, 3.05) is 6.54 Å². The molecular formula is C15H19BrFN3. The third-order valence-electron chi connectivity index (χ3n) is 3.52. The van der Waals surface area contributed by atoms with Crippen molar-refractivity contribution in [3.63, 3.8) is 0 Å². The molecule has 1 heterocycles. The van der Waals surface area contributed by atoms with Gasteiger partial charge in [0.25, 0.3) is 0 Å². The summed E-state index contributed by atoms with van der Waals surface area (Å²) in [6.45, 7) is 5.20. The summed E-state index contributed by atoms with van der Waals surface area (Å²) in [5.74, 6) is -0.243. The zero-order chi connectivity index (χ0) is 14.7. The molecule has 0 aliphatic carbocycles. The molecule has 0 aliphatic rings. The maximum absolute atomic E-state index is 13.9. The summed E-state index contributed by atoms with van der Waals surface area (Å²) in [6, 6.07) is 6.83. The van der Waals surface area contributed by atoms with Gasteiger partial charge < -0.3 is 5.73 Å². The first-order chi connectivity index (χ1) is 9.58. The highest BCUT2D eigenvalue weighted by Crippen LogP contribution is 2.28. The van der Waals surface area contributed by atoms with Crippen molar-refractivity contribution in [1.82, 2.24) is 9.78 Å². The van der Waals surface area contributed by atoms with E-state index in [1.165, 1.54) is 6.07 Å². The standard InChI is InChI=1S/C15H19BrFN3/c1-3-20-14(15(16)10(2)19-20)8-11(9-18)12-6-4-5-7-13(12)17/h4-7,11H,3,8-9,18H2,1-2H3. The molecule has 0 aliphatic heterocycles. The highest BCUT2D eigenvalue weighted by Gasteiger charge is 2.20. The zero-order valence-corrected chi connectivity index (χ0v) is 13.3. The minimum Gasteiger partial charge on any atom is -0.330 e. The lowest BCUT2D eigenvalue weighted by molar-refractivity contribution is 0.550. The second-order valence-electron chi connectivity index (χ2n) is 4.82. The number of benzene rings is 1. The van der Waals surface area contributed by atoms with Gasteiger partial charge in [-0.25, -0.2) is 4.39 Å². The van der Waals surface area contributed by atoms with Gasteiger partial charge in [-0.3, -0.25) is 4.68 Å². The Kier molecular flexibility index (Phi) is 4.94. The highest BCUT2D eigenvalue weighted by atomic mass is 79.9. The summed E-state index contributed by atoms with van der Waals surface area (Å²) in [7, 11) is 0. The van der Waals surface area contributed by atoms with E-state index >= 15 is 0 Å². The van der Waals surface area contributed by atoms with Gasteiger partial charge >= 0.3 is 0 Å². The van der Waals surface area contributed by atoms with E-state index in [1.807, 2.05) is 24.6 Å². The van der Waals surface area contributed by atoms with Crippen molar-refractivity contribution in [3.05, 3.63) is 51.5 Å². The second-order valence-corrected chi connectivity index (χ2v) is 5.61. The summed E-state index contributed by atoms with van der Waals surface area (Å²) in [5.41, 5.74) is 8.55. The number of aromatic nitrogens is 2. The van der Waals surface area contributed by atoms with Crippen LogP contribution in [0.3, 0.4) is 0 Å². The molecule has 0 bridgehead atoms. The molecule has 20 heavy (non-hydrogen) atoms. The Bertz CT molecular complexity index is 595. The molecule has 1 unspecified atom stereocenters. The van der Waals surface area contributed by atoms with Crippen LogP contribution < -0.4 is 5.73 Å². The van der Waals surface area contributed by atoms with Crippen LogP contribution >= 0.6 is 15.9 Å². The van der Waals surface area contributed by atoms with Crippen LogP contribution in [0, 0.1) is 12.7 Å². The summed E-state index contributed by atoms with van der Waals surface area (Å²) < 4.78 is 16.9. The first kappa shape index (κ1) is 15.2. The normalized spacial score (nSPS) is 12.7. The van der Waals surface area contributed by atoms with Crippen molar-refractivity contribution in [1.29, 1.82) is 0 Å². The molecule has 0 amide bonds. The third-order valence-corrected chi connectivity index (χ3v) is 4.55. The van der Waals surface area contributed by atoms with Crippen LogP contribution in [0.5, 0.6) is 0 Å². The number of rotatable bonds is 5. The number of halogens is 2. The topological polar surface area (TPSA) is 43.8 Å². The Morgan fingerprint density at radius 1 is 1.40 bits per heavy atom. The first-order valence-corrected chi connectivity index (χ1v) is 7.54. The van der Waals surface area contributed by atoms with Crippen LogP contribution in [0.1, 0.15) is 29.8 Å². The van der Waals surface area contributed by atoms with Crippen molar-refractivity contribution < 1.29 is 4.39 Å². The van der Waals surface area contributed by atoms with E-state index in [1.54, 1.807) is 12.1 Å². The smallest absolute Gasteiger partial charge is 0.126 e. The fourth-order valence-corrected chi connectivity index (χ4v) is 2.87. The molecule has 0 fully saturated rings. The van der Waals surface area contributed by atoms with E-state index in [9.17, 15) is 4.39 Å². The maximum atomic E-state index is 13.9. The minimum absolute atomic E-state index is 0.0473. The van der Waals surface area contributed by atoms with E-state index in [0.717, 1.165) is 22.4 Å². The van der Waals surface area contributed by atoms with Gasteiger partial charge in [-0.1, -0.05) is 18.2 Å². The molecule has 1 aromatic heterocycles. The number of nitrogens with two attached hydrogens (primary N) is 1. The Morgan fingerprint density at radius 2 is 2.10 bits per heavy atom. The van der Waals surface area contributed by atoms with Gasteiger partial charge in [-0.2, -0.15) is 5.10 Å². The summed E-state index contributed by atoms with van der Waals surface area (Å²) >= 11 is 3.57. The van der Waals surface area contributed by atoms with Crippen LogP contribution in [0.4, 0.5) is 4.39 Å². The molecule has 1 atom stereocenters. The maximum Gasteiger partial charge on any atom is 0.126 e. The summed E-state index contributed by atoms with van der Waals surface area (Å²) in [4.78, 5) is 0. The third kappa shape index (κ3) is 2.94. The lowest BCUT2D eigenvalue weighted by Crippen LogP contribution is -2.18. The van der Waals surface area contributed by atoms with Gasteiger partial charge in [0.05, 0.1) is 15.9 Å². The monoisotopic (exact) mass is 339 g/mol. The molecule has 1 aromatic carbocycles. The highest BCUT2D eigenvalue weighted by molar-refractivity contribution is 9.10. The fourth-order valence-electron chi connectivity index (χ4n) is 2.42. The molecule has 2 rings (SSSR count). The van der Waals surface area contributed by atoms with E-state index in [-0.39, 0.29) is 11.7 Å². The number of hydrogen-bond acceptors (Lipinski definition) is 2. The number of hydrogen-bond donors (Lipinski definition) is 1. The van der Waals surface area contributed by atoms with Crippen molar-refractivity contribution in [2.24, 2.45) is 5.73 Å². The van der Waals surface area contributed by atoms with E-state index in [0.29, 0.717) is 18.5 Å². The largest absolute Gasteiger partial charge is 0.330 e. The van der Waals surface area contributed by atoms with Crippen LogP contribution in [-0.4, -0.2) is 16.3 Å². The van der Waals surface area contributed by atoms with Crippen molar-refractivity contribution >= 4 is 15.9 Å². The number of nitrogens with zero attached hydrogens (tertiary/aromatic N) is 2. The summed E-state index contributed by atoms with van der Waals surface area (Å²) in [6.07, 6.45) is 0.673. The average Bonchev–Trinajstić information content (AvgIpc) is 2.73. The molecular weight excluding hydrogens is 321 g/mol. The fraction of sp³-hybridized carbons (Fsp3) is 0.400. The van der Waals surface area contributed by atoms with E-state index < -0.39 is 0 Å². The Labute approximate surface area is 127 Å². The zero-order valence-electron chi connectivity index (χ0n) is 11.7. The van der Waals surface area contributed by atoms with Gasteiger partial charge in [-0.15, -0.1) is 0 Å². The van der Waals surface area contributed by atoms with Gasteiger partial charge in [0.2, 0.25) is 0 Å². The van der Waals surface area contributed by atoms with Crippen molar-refractivity contribution in [2.45, 2.75) is 32.7 Å². The van der Waals surface area contributed by atoms with Crippen LogP contribution in [-0.2, 0) is 13.0 Å². The Morgan fingerprint density at radius 3 is 2.70 bits per heavy atom. The van der Waals surface area contributed by atoms with E-state index in [2.05, 4.69) is 21.0 Å². The van der Waals surface area contributed by atoms with E-state index in [4.69, 9.17) is 5.73 Å². The molecule has 3 nitrogen and oxygen atoms in total. The Hall–Kier alpha value is -1.20. The summed E-state index contributed by atoms with van der Waals surface area (Å²) in [5, 5.41) is 4.47. The van der Waals surface area contributed by atoms with Gasteiger partial charge in [0.15, 0.2) is 0 Å². The van der Waals surface area contributed by atoms with Crippen LogP contribution in [0.15, 0.2) is 28.7 Å². The Balaban J connectivity index is 2.34. The second kappa shape index (κ2) is 6.50. The van der Waals surface area contributed by atoms with Gasteiger partial charge in [0, 0.05) is 12.5 Å². The lowest BCUT2D eigenvalue weighted by Gasteiger charge is -2.17. The minimum atomic E-state index is -0.196. The molecule has 0 saturated carbocycles. The van der Waals surface area contributed by atoms with Crippen LogP contribution in [0.2, 0.25) is 0 Å². The van der Waals surface area contributed by atoms with Gasteiger partial charge in [-0.05, 0) is 54.4 Å². The molecule has 0 radical (unpaired) electrons. The predicted octanol–water partition coefficient (Wildman–Crippen LogP) is 3.40. The predicted molar refractivity (Wildman–Crippen MR) is 82.2 cm³/mol. The molecule has 0 saturated heterocycles. The lowest BCUT2D eigenvalue weighted by atomic mass is 9.93. The molecule has 2 N–H and O–H groups in total.